The summed E-state index contributed by atoms with van der Waals surface area (Å²) in [6.07, 6.45) is 1.07. The standard InChI is InChI=1S/C21H23ClFNO4/c1-3-4-11-28-21(26)24-19(13-20(25)27-2)15-7-5-14(6-8-15)16-9-10-18(23)17(22)12-16/h5-10,12,19H,3-4,11,13H2,1-2H3,(H,24,26). The zero-order valence-corrected chi connectivity index (χ0v) is 16.6. The fourth-order valence-corrected chi connectivity index (χ4v) is 2.76. The first-order valence-corrected chi connectivity index (χ1v) is 9.38. The highest BCUT2D eigenvalue weighted by Gasteiger charge is 2.20. The van der Waals surface area contributed by atoms with E-state index in [-0.39, 0.29) is 11.4 Å². The van der Waals surface area contributed by atoms with Crippen LogP contribution >= 0.6 is 11.6 Å². The fraction of sp³-hybridized carbons (Fsp3) is 0.333. The van der Waals surface area contributed by atoms with Gasteiger partial charge < -0.3 is 14.8 Å². The largest absolute Gasteiger partial charge is 0.469 e. The van der Waals surface area contributed by atoms with Crippen LogP contribution in [0.1, 0.15) is 37.8 Å². The first kappa shape index (κ1) is 21.7. The van der Waals surface area contributed by atoms with E-state index in [4.69, 9.17) is 21.1 Å². The number of amides is 1. The van der Waals surface area contributed by atoms with E-state index in [9.17, 15) is 14.0 Å². The van der Waals surface area contributed by atoms with Crippen molar-refractivity contribution in [2.24, 2.45) is 0 Å². The zero-order valence-electron chi connectivity index (χ0n) is 15.8. The molecule has 0 aliphatic heterocycles. The van der Waals surface area contributed by atoms with Gasteiger partial charge in [-0.05, 0) is 35.2 Å². The van der Waals surface area contributed by atoms with Crippen molar-refractivity contribution in [2.75, 3.05) is 13.7 Å². The van der Waals surface area contributed by atoms with Crippen molar-refractivity contribution in [2.45, 2.75) is 32.2 Å². The molecule has 1 N–H and O–H groups in total. The van der Waals surface area contributed by atoms with Crippen molar-refractivity contribution in [1.29, 1.82) is 0 Å². The number of unbranched alkanes of at least 4 members (excludes halogenated alkanes) is 1. The van der Waals surface area contributed by atoms with Gasteiger partial charge in [-0.2, -0.15) is 0 Å². The molecule has 0 heterocycles. The zero-order chi connectivity index (χ0) is 20.5. The Labute approximate surface area is 168 Å². The summed E-state index contributed by atoms with van der Waals surface area (Å²) in [7, 11) is 1.29. The minimum Gasteiger partial charge on any atom is -0.469 e. The molecule has 2 aromatic carbocycles. The van der Waals surface area contributed by atoms with Crippen LogP contribution < -0.4 is 5.32 Å². The maximum absolute atomic E-state index is 13.3. The van der Waals surface area contributed by atoms with Gasteiger partial charge in [0.05, 0.1) is 31.2 Å². The highest BCUT2D eigenvalue weighted by molar-refractivity contribution is 6.31. The molecule has 150 valence electrons. The van der Waals surface area contributed by atoms with Crippen molar-refractivity contribution in [3.63, 3.8) is 0 Å². The number of benzene rings is 2. The molecule has 28 heavy (non-hydrogen) atoms. The summed E-state index contributed by atoms with van der Waals surface area (Å²) in [5, 5.41) is 2.74. The average molecular weight is 408 g/mol. The number of rotatable bonds is 8. The van der Waals surface area contributed by atoms with Crippen LogP contribution in [0.5, 0.6) is 0 Å². The molecule has 0 saturated heterocycles. The monoisotopic (exact) mass is 407 g/mol. The Kier molecular flexibility index (Phi) is 8.26. The molecule has 1 amide bonds. The Bertz CT molecular complexity index is 811. The number of carbonyl (C=O) groups is 2. The van der Waals surface area contributed by atoms with E-state index in [2.05, 4.69) is 5.32 Å². The van der Waals surface area contributed by atoms with E-state index in [1.807, 2.05) is 19.1 Å². The maximum Gasteiger partial charge on any atom is 0.407 e. The number of carbonyl (C=O) groups excluding carboxylic acids is 2. The van der Waals surface area contributed by atoms with E-state index >= 15 is 0 Å². The van der Waals surface area contributed by atoms with Gasteiger partial charge in [0.2, 0.25) is 0 Å². The van der Waals surface area contributed by atoms with Gasteiger partial charge in [-0.25, -0.2) is 9.18 Å². The van der Waals surface area contributed by atoms with E-state index in [1.54, 1.807) is 24.3 Å². The molecule has 0 aromatic heterocycles. The third kappa shape index (κ3) is 6.23. The Balaban J connectivity index is 2.16. The molecule has 0 fully saturated rings. The van der Waals surface area contributed by atoms with Crippen molar-refractivity contribution in [3.8, 4) is 11.1 Å². The molecular formula is C21H23ClFNO4. The summed E-state index contributed by atoms with van der Waals surface area (Å²) in [6.45, 7) is 2.31. The second-order valence-electron chi connectivity index (χ2n) is 6.22. The van der Waals surface area contributed by atoms with Gasteiger partial charge in [-0.15, -0.1) is 0 Å². The van der Waals surface area contributed by atoms with Crippen LogP contribution in [0.2, 0.25) is 5.02 Å². The summed E-state index contributed by atoms with van der Waals surface area (Å²) < 4.78 is 23.2. The number of methoxy groups -OCH3 is 1. The minimum absolute atomic E-state index is 0.0267. The Morgan fingerprint density at radius 2 is 1.82 bits per heavy atom. The van der Waals surface area contributed by atoms with Gasteiger partial charge in [-0.3, -0.25) is 4.79 Å². The van der Waals surface area contributed by atoms with Gasteiger partial charge in [0.15, 0.2) is 0 Å². The summed E-state index contributed by atoms with van der Waals surface area (Å²) >= 11 is 5.84. The summed E-state index contributed by atoms with van der Waals surface area (Å²) in [5.74, 6) is -0.931. The van der Waals surface area contributed by atoms with Gasteiger partial charge in [0.1, 0.15) is 5.82 Å². The normalized spacial score (nSPS) is 11.6. The van der Waals surface area contributed by atoms with E-state index in [0.717, 1.165) is 29.5 Å². The highest BCUT2D eigenvalue weighted by atomic mass is 35.5. The number of esters is 1. The van der Waals surface area contributed by atoms with Gasteiger partial charge >= 0.3 is 12.1 Å². The first-order chi connectivity index (χ1) is 13.4. The second kappa shape index (κ2) is 10.7. The Morgan fingerprint density at radius 3 is 2.43 bits per heavy atom. The first-order valence-electron chi connectivity index (χ1n) is 9.00. The smallest absolute Gasteiger partial charge is 0.407 e. The van der Waals surface area contributed by atoms with Gasteiger partial charge in [0, 0.05) is 0 Å². The lowest BCUT2D eigenvalue weighted by molar-refractivity contribution is -0.141. The SMILES string of the molecule is CCCCOC(=O)NC(CC(=O)OC)c1ccc(-c2ccc(F)c(Cl)c2)cc1. The number of halogens is 2. The molecule has 5 nitrogen and oxygen atoms in total. The number of ether oxygens (including phenoxy) is 2. The van der Waals surface area contributed by atoms with Crippen molar-refractivity contribution >= 4 is 23.7 Å². The van der Waals surface area contributed by atoms with E-state index in [0.29, 0.717) is 6.61 Å². The highest BCUT2D eigenvalue weighted by Crippen LogP contribution is 2.27. The molecule has 0 aliphatic carbocycles. The molecule has 0 aliphatic rings. The molecule has 2 rings (SSSR count). The molecule has 7 heteroatoms. The van der Waals surface area contributed by atoms with Gasteiger partial charge in [-0.1, -0.05) is 55.3 Å². The predicted octanol–water partition coefficient (Wildman–Crippen LogP) is 5.28. The lowest BCUT2D eigenvalue weighted by Gasteiger charge is -2.18. The van der Waals surface area contributed by atoms with Crippen LogP contribution in [0.3, 0.4) is 0 Å². The fourth-order valence-electron chi connectivity index (χ4n) is 2.58. The Hall–Kier alpha value is -2.60. The molecule has 0 saturated carbocycles. The number of hydrogen-bond donors (Lipinski definition) is 1. The summed E-state index contributed by atoms with van der Waals surface area (Å²) in [4.78, 5) is 23.7. The van der Waals surface area contributed by atoms with Crippen LogP contribution in [0.4, 0.5) is 9.18 Å². The second-order valence-corrected chi connectivity index (χ2v) is 6.62. The molecular weight excluding hydrogens is 385 g/mol. The Morgan fingerprint density at radius 1 is 1.14 bits per heavy atom. The summed E-state index contributed by atoms with van der Waals surface area (Å²) in [6, 6.07) is 11.1. The molecule has 2 aromatic rings. The van der Waals surface area contributed by atoms with Crippen molar-refractivity contribution in [3.05, 3.63) is 58.9 Å². The van der Waals surface area contributed by atoms with Gasteiger partial charge in [0.25, 0.3) is 0 Å². The molecule has 0 radical (unpaired) electrons. The average Bonchev–Trinajstić information content (AvgIpc) is 2.70. The third-order valence-electron chi connectivity index (χ3n) is 4.19. The molecule has 1 unspecified atom stereocenters. The minimum atomic E-state index is -0.590. The van der Waals surface area contributed by atoms with E-state index < -0.39 is 23.9 Å². The third-order valence-corrected chi connectivity index (χ3v) is 4.48. The van der Waals surface area contributed by atoms with Crippen molar-refractivity contribution in [1.82, 2.24) is 5.32 Å². The number of nitrogens with one attached hydrogen (secondary N) is 1. The predicted molar refractivity (Wildman–Crippen MR) is 106 cm³/mol. The van der Waals surface area contributed by atoms with Crippen LogP contribution in [-0.4, -0.2) is 25.8 Å². The van der Waals surface area contributed by atoms with Crippen LogP contribution in [-0.2, 0) is 14.3 Å². The maximum atomic E-state index is 13.3. The molecule has 0 spiro atoms. The molecule has 1 atom stereocenters. The van der Waals surface area contributed by atoms with Crippen LogP contribution in [0, 0.1) is 5.82 Å². The van der Waals surface area contributed by atoms with Crippen LogP contribution in [0.15, 0.2) is 42.5 Å². The van der Waals surface area contributed by atoms with Crippen LogP contribution in [0.25, 0.3) is 11.1 Å². The number of hydrogen-bond acceptors (Lipinski definition) is 4. The van der Waals surface area contributed by atoms with E-state index in [1.165, 1.54) is 13.2 Å². The summed E-state index contributed by atoms with van der Waals surface area (Å²) in [5.41, 5.74) is 2.30. The lowest BCUT2D eigenvalue weighted by atomic mass is 9.99. The van der Waals surface area contributed by atoms with Crippen molar-refractivity contribution < 1.29 is 23.5 Å². The molecule has 0 bridgehead atoms. The lowest BCUT2D eigenvalue weighted by Crippen LogP contribution is -2.31. The quantitative estimate of drug-likeness (QED) is 0.477. The number of alkyl carbamates (subject to hydrolysis) is 1. The topological polar surface area (TPSA) is 64.6 Å².